The largest absolute Gasteiger partial charge is 0.462 e. The molecule has 530 valence electrons. The van der Waals surface area contributed by atoms with Crippen molar-refractivity contribution in [2.24, 2.45) is 0 Å². The van der Waals surface area contributed by atoms with E-state index in [0.29, 0.717) is 12.8 Å². The monoisotopic (exact) mass is 1310 g/mol. The molecule has 0 aliphatic carbocycles. The fourth-order valence-corrected chi connectivity index (χ4v) is 9.45. The summed E-state index contributed by atoms with van der Waals surface area (Å²) < 4.78 is 10.7. The minimum absolute atomic E-state index is 0.0936. The molecule has 5 heteroatoms. The molecule has 1 N–H and O–H groups in total. The Morgan fingerprint density at radius 1 is 0.240 bits per heavy atom. The van der Waals surface area contributed by atoms with Gasteiger partial charge in [-0.1, -0.05) is 345 Å². The van der Waals surface area contributed by atoms with Gasteiger partial charge < -0.3 is 14.6 Å². The highest BCUT2D eigenvalue weighted by Crippen LogP contribution is 2.14. The van der Waals surface area contributed by atoms with Crippen LogP contribution in [0.15, 0.2) is 267 Å². The van der Waals surface area contributed by atoms with Crippen molar-refractivity contribution in [3.8, 4) is 0 Å². The van der Waals surface area contributed by atoms with Gasteiger partial charge in [-0.2, -0.15) is 0 Å². The molecule has 0 aromatic rings. The highest BCUT2D eigenvalue weighted by Gasteiger charge is 2.16. The fraction of sp³-hybridized carbons (Fsp3) is 0.495. The summed E-state index contributed by atoms with van der Waals surface area (Å²) in [5, 5.41) is 9.72. The lowest BCUT2D eigenvalue weighted by Crippen LogP contribution is -2.28. The Morgan fingerprint density at radius 2 is 0.417 bits per heavy atom. The lowest BCUT2D eigenvalue weighted by molar-refractivity contribution is -0.161. The third-order valence-electron chi connectivity index (χ3n) is 15.0. The van der Waals surface area contributed by atoms with Crippen LogP contribution in [0.4, 0.5) is 0 Å². The average molecular weight is 1310 g/mol. The fourth-order valence-electron chi connectivity index (χ4n) is 9.45. The molecule has 1 unspecified atom stereocenters. The van der Waals surface area contributed by atoms with Gasteiger partial charge in [0, 0.05) is 12.8 Å². The molecule has 96 heavy (non-hydrogen) atoms. The van der Waals surface area contributed by atoms with E-state index in [4.69, 9.17) is 9.47 Å². The highest BCUT2D eigenvalue weighted by atomic mass is 16.6. The topological polar surface area (TPSA) is 72.8 Å². The number of hydrogen-bond acceptors (Lipinski definition) is 5. The molecule has 0 bridgehead atoms. The number of ether oxygens (including phenoxy) is 2. The van der Waals surface area contributed by atoms with Gasteiger partial charge in [0.1, 0.15) is 6.61 Å². The smallest absolute Gasteiger partial charge is 0.306 e. The second kappa shape index (κ2) is 82.4. The summed E-state index contributed by atoms with van der Waals surface area (Å²) >= 11 is 0. The number of unbranched alkanes of at least 4 members (excludes halogenated alkanes) is 14. The van der Waals surface area contributed by atoms with E-state index in [1.807, 2.05) is 0 Å². The molecular formula is C91H136O5. The molecule has 0 aliphatic heterocycles. The molecule has 0 aromatic carbocycles. The number of aliphatic hydroxyl groups excluding tert-OH is 1. The first-order valence-corrected chi connectivity index (χ1v) is 37.9. The van der Waals surface area contributed by atoms with E-state index in [1.54, 1.807) is 0 Å². The number of aliphatic hydroxyl groups is 1. The second-order valence-electron chi connectivity index (χ2n) is 23.9. The molecular weight excluding hydrogens is 1170 g/mol. The highest BCUT2D eigenvalue weighted by molar-refractivity contribution is 5.70. The van der Waals surface area contributed by atoms with Crippen LogP contribution in [0.1, 0.15) is 271 Å². The Hall–Kier alpha value is -6.82. The van der Waals surface area contributed by atoms with Gasteiger partial charge in [-0.3, -0.25) is 9.59 Å². The van der Waals surface area contributed by atoms with Crippen molar-refractivity contribution in [1.82, 2.24) is 0 Å². The first kappa shape index (κ1) is 89.2. The Bertz CT molecular complexity index is 2430. The summed E-state index contributed by atoms with van der Waals surface area (Å²) in [4.78, 5) is 24.7. The Balaban J connectivity index is 3.67. The quantitative estimate of drug-likeness (QED) is 0.0373. The summed E-state index contributed by atoms with van der Waals surface area (Å²) in [7, 11) is 0. The van der Waals surface area contributed by atoms with Crippen molar-refractivity contribution in [3.63, 3.8) is 0 Å². The number of rotatable bonds is 66. The van der Waals surface area contributed by atoms with E-state index in [0.717, 1.165) is 193 Å². The summed E-state index contributed by atoms with van der Waals surface area (Å²) in [5.74, 6) is -0.634. The number of carbonyl (C=O) groups is 2. The lowest BCUT2D eigenvalue weighted by atomic mass is 10.1. The van der Waals surface area contributed by atoms with E-state index >= 15 is 0 Å². The van der Waals surface area contributed by atoms with Crippen LogP contribution < -0.4 is 0 Å². The molecule has 0 saturated carbocycles. The molecule has 0 aromatic heterocycles. The molecule has 5 nitrogen and oxygen atoms in total. The van der Waals surface area contributed by atoms with Crippen LogP contribution in [0.2, 0.25) is 0 Å². The third kappa shape index (κ3) is 79.6. The molecule has 0 spiro atoms. The van der Waals surface area contributed by atoms with E-state index in [-0.39, 0.29) is 25.2 Å². The molecule has 0 heterocycles. The van der Waals surface area contributed by atoms with E-state index in [1.165, 1.54) is 51.4 Å². The van der Waals surface area contributed by atoms with Gasteiger partial charge in [-0.25, -0.2) is 0 Å². The maximum Gasteiger partial charge on any atom is 0.306 e. The lowest BCUT2D eigenvalue weighted by Gasteiger charge is -2.15. The van der Waals surface area contributed by atoms with E-state index in [2.05, 4.69) is 281 Å². The number of hydrogen-bond donors (Lipinski definition) is 1. The van der Waals surface area contributed by atoms with Crippen LogP contribution in [0.25, 0.3) is 0 Å². The number of allylic oxidation sites excluding steroid dienone is 44. The normalized spacial score (nSPS) is 13.8. The Kier molecular flexibility index (Phi) is 76.6. The standard InChI is InChI=1S/C91H136O5/c1-3-5-7-9-11-13-15-17-19-21-23-25-27-29-31-33-35-37-39-41-43-45-47-49-51-53-55-57-59-61-63-65-67-69-71-73-75-77-79-81-83-85-90(93)95-88-89(87-92)96-91(94)86-84-82-80-78-76-74-72-70-68-66-64-62-60-58-56-54-52-50-48-46-44-42-40-38-36-34-32-30-28-26-24-22-20-18-16-14-12-10-8-6-4-2/h5-8,11-14,17-20,23-26,29-32,35-38,41-44,47-50,53-56,59-62,65-68,89,92H,3-4,9-10,15-16,21-22,27-28,33-34,39-40,45-46,51-52,57-58,63-64,69-88H2,1-2H3/b7-5-,8-6-,13-11-,14-12-,19-17-,20-18-,25-23-,26-24-,31-29-,32-30-,37-35-,38-36-,43-41-,44-42-,49-47-,50-48-,55-53-,56-54-,61-59-,62-60-,67-65-,68-66-. The zero-order valence-electron chi connectivity index (χ0n) is 60.8. The van der Waals surface area contributed by atoms with Crippen LogP contribution in [-0.2, 0) is 19.1 Å². The van der Waals surface area contributed by atoms with Crippen molar-refractivity contribution >= 4 is 11.9 Å². The zero-order valence-corrected chi connectivity index (χ0v) is 60.8. The maximum absolute atomic E-state index is 12.4. The van der Waals surface area contributed by atoms with Gasteiger partial charge in [0.15, 0.2) is 6.10 Å². The van der Waals surface area contributed by atoms with Gasteiger partial charge in [0.25, 0.3) is 0 Å². The summed E-state index contributed by atoms with van der Waals surface area (Å²) in [6, 6.07) is 0. The van der Waals surface area contributed by atoms with Gasteiger partial charge in [-0.15, -0.1) is 0 Å². The van der Waals surface area contributed by atoms with Crippen LogP contribution >= 0.6 is 0 Å². The van der Waals surface area contributed by atoms with Crippen LogP contribution in [0, 0.1) is 0 Å². The number of carbonyl (C=O) groups excluding carboxylic acids is 2. The van der Waals surface area contributed by atoms with Crippen LogP contribution in [-0.4, -0.2) is 36.4 Å². The molecule has 0 aliphatic rings. The van der Waals surface area contributed by atoms with E-state index < -0.39 is 6.10 Å². The van der Waals surface area contributed by atoms with Gasteiger partial charge in [0.2, 0.25) is 0 Å². The second-order valence-corrected chi connectivity index (χ2v) is 23.9. The van der Waals surface area contributed by atoms with Crippen molar-refractivity contribution in [2.75, 3.05) is 13.2 Å². The Morgan fingerprint density at radius 3 is 0.625 bits per heavy atom. The SMILES string of the molecule is CC/C=C\C/C=C\C/C=C\C/C=C\C/C=C\C/C=C\C/C=C\C/C=C\C/C=C\C/C=C\C/C=C\CCCCCCCCCC(=O)OCC(CO)OC(=O)CCCCCCCCC/C=C\C/C=C\C/C=C\C/C=C\C/C=C\C/C=C\C/C=C\C/C=C\C/C=C\C/C=C\C/C=C\CC. The third-order valence-corrected chi connectivity index (χ3v) is 15.0. The average Bonchev–Trinajstić information content (AvgIpc) is 3.73. The van der Waals surface area contributed by atoms with Crippen LogP contribution in [0.5, 0.6) is 0 Å². The van der Waals surface area contributed by atoms with Gasteiger partial charge >= 0.3 is 11.9 Å². The molecule has 0 saturated heterocycles. The van der Waals surface area contributed by atoms with Crippen LogP contribution in [0.3, 0.4) is 0 Å². The summed E-state index contributed by atoms with van der Waals surface area (Å²) in [6.07, 6.45) is 138. The molecule has 0 radical (unpaired) electrons. The first-order valence-electron chi connectivity index (χ1n) is 37.9. The van der Waals surface area contributed by atoms with Crippen molar-refractivity contribution in [1.29, 1.82) is 0 Å². The van der Waals surface area contributed by atoms with Crippen molar-refractivity contribution in [2.45, 2.75) is 277 Å². The summed E-state index contributed by atoms with van der Waals surface area (Å²) in [5.41, 5.74) is 0. The molecule has 0 fully saturated rings. The van der Waals surface area contributed by atoms with Crippen molar-refractivity contribution < 1.29 is 24.2 Å². The Labute approximate surface area is 590 Å². The van der Waals surface area contributed by atoms with Gasteiger partial charge in [0.05, 0.1) is 6.61 Å². The molecule has 0 rings (SSSR count). The summed E-state index contributed by atoms with van der Waals surface area (Å²) in [6.45, 7) is 3.88. The van der Waals surface area contributed by atoms with E-state index in [9.17, 15) is 14.7 Å². The molecule has 1 atom stereocenters. The minimum Gasteiger partial charge on any atom is -0.462 e. The number of esters is 2. The van der Waals surface area contributed by atoms with Crippen molar-refractivity contribution in [3.05, 3.63) is 267 Å². The minimum atomic E-state index is -0.806. The predicted octanol–water partition coefficient (Wildman–Crippen LogP) is 27.3. The zero-order chi connectivity index (χ0) is 69.0. The predicted molar refractivity (Wildman–Crippen MR) is 425 cm³/mol. The molecule has 0 amide bonds. The maximum atomic E-state index is 12.4. The first-order chi connectivity index (χ1) is 47.6. The van der Waals surface area contributed by atoms with Gasteiger partial charge in [-0.05, 0) is 180 Å².